The van der Waals surface area contributed by atoms with E-state index in [0.29, 0.717) is 0 Å². The molecule has 0 radical (unpaired) electrons. The summed E-state index contributed by atoms with van der Waals surface area (Å²) in [6, 6.07) is 16.9. The van der Waals surface area contributed by atoms with Crippen LogP contribution in [0.1, 0.15) is 63.3 Å². The zero-order valence-electron chi connectivity index (χ0n) is 21.8. The van der Waals surface area contributed by atoms with Crippen molar-refractivity contribution in [2.75, 3.05) is 13.1 Å². The van der Waals surface area contributed by atoms with E-state index in [2.05, 4.69) is 68.5 Å². The highest BCUT2D eigenvalue weighted by atomic mass is 16.2. The predicted octanol–water partition coefficient (Wildman–Crippen LogP) is 5.50. The maximum Gasteiger partial charge on any atom is 0.220 e. The summed E-state index contributed by atoms with van der Waals surface area (Å²) in [6.45, 7) is 4.84. The Morgan fingerprint density at radius 3 is 1.39 bits per heavy atom. The second-order valence-corrected chi connectivity index (χ2v) is 10.3. The number of rotatable bonds is 5. The molecule has 0 bridgehead atoms. The molecule has 6 rings (SSSR count). The van der Waals surface area contributed by atoms with E-state index in [1.807, 2.05) is 22.2 Å². The molecule has 0 spiro atoms. The van der Waals surface area contributed by atoms with Crippen LogP contribution in [0.15, 0.2) is 60.9 Å². The molecule has 2 aromatic heterocycles. The number of likely N-dealkylation sites (tertiary alicyclic amines) is 2. The molecule has 194 valence electrons. The summed E-state index contributed by atoms with van der Waals surface area (Å²) in [7, 11) is 0. The molecule has 8 nitrogen and oxygen atoms in total. The Bertz CT molecular complexity index is 1340. The molecule has 0 aliphatic carbocycles. The van der Waals surface area contributed by atoms with Crippen LogP contribution in [0, 0.1) is 0 Å². The number of nitrogens with zero attached hydrogens (tertiary/aromatic N) is 4. The molecule has 2 saturated heterocycles. The van der Waals surface area contributed by atoms with Gasteiger partial charge in [0.1, 0.15) is 11.6 Å². The largest absolute Gasteiger partial charge is 0.340 e. The van der Waals surface area contributed by atoms with E-state index in [4.69, 9.17) is 0 Å². The van der Waals surface area contributed by atoms with Gasteiger partial charge < -0.3 is 19.8 Å². The first-order valence-electron chi connectivity index (χ1n) is 13.3. The van der Waals surface area contributed by atoms with Crippen molar-refractivity contribution in [3.63, 3.8) is 0 Å². The third-order valence-electron chi connectivity index (χ3n) is 7.86. The first-order valence-corrected chi connectivity index (χ1v) is 13.3. The minimum Gasteiger partial charge on any atom is -0.340 e. The number of carbonyl (C=O) groups is 2. The normalized spacial score (nSPS) is 19.3. The van der Waals surface area contributed by atoms with Crippen LogP contribution in [0.4, 0.5) is 0 Å². The van der Waals surface area contributed by atoms with Gasteiger partial charge in [0.2, 0.25) is 11.8 Å². The van der Waals surface area contributed by atoms with Gasteiger partial charge in [0.25, 0.3) is 0 Å². The maximum atomic E-state index is 11.9. The molecule has 2 fully saturated rings. The highest BCUT2D eigenvalue weighted by Crippen LogP contribution is 2.33. The lowest BCUT2D eigenvalue weighted by Gasteiger charge is -2.21. The zero-order valence-corrected chi connectivity index (χ0v) is 21.8. The van der Waals surface area contributed by atoms with Crippen molar-refractivity contribution in [3.8, 4) is 33.6 Å². The van der Waals surface area contributed by atoms with Crippen molar-refractivity contribution in [2.45, 2.75) is 51.6 Å². The lowest BCUT2D eigenvalue weighted by atomic mass is 10.0. The summed E-state index contributed by atoms with van der Waals surface area (Å²) in [5.41, 5.74) is 6.30. The summed E-state index contributed by atoms with van der Waals surface area (Å²) in [6.07, 6.45) is 7.62. The Hall–Kier alpha value is -4.20. The number of imidazole rings is 2. The Morgan fingerprint density at radius 2 is 1.03 bits per heavy atom. The summed E-state index contributed by atoms with van der Waals surface area (Å²) < 4.78 is 0. The first-order chi connectivity index (χ1) is 18.5. The van der Waals surface area contributed by atoms with Gasteiger partial charge in [-0.3, -0.25) is 9.59 Å². The quantitative estimate of drug-likeness (QED) is 0.372. The Kier molecular flexibility index (Phi) is 6.31. The van der Waals surface area contributed by atoms with Crippen molar-refractivity contribution in [3.05, 3.63) is 72.6 Å². The monoisotopic (exact) mass is 508 g/mol. The Morgan fingerprint density at radius 1 is 0.658 bits per heavy atom. The van der Waals surface area contributed by atoms with Gasteiger partial charge in [-0.1, -0.05) is 48.5 Å². The van der Waals surface area contributed by atoms with E-state index >= 15 is 0 Å². The summed E-state index contributed by atoms with van der Waals surface area (Å²) in [5.74, 6) is 1.91. The van der Waals surface area contributed by atoms with Crippen LogP contribution >= 0.6 is 0 Å². The number of hydrogen-bond donors (Lipinski definition) is 2. The highest BCUT2D eigenvalue weighted by molar-refractivity contribution is 5.75. The van der Waals surface area contributed by atoms with Gasteiger partial charge in [-0.05, 0) is 47.9 Å². The number of benzene rings is 2. The molecule has 2 atom stereocenters. The number of aromatic nitrogens is 4. The zero-order chi connectivity index (χ0) is 26.2. The fraction of sp³-hybridized carbons (Fsp3) is 0.333. The van der Waals surface area contributed by atoms with Crippen molar-refractivity contribution >= 4 is 11.8 Å². The minimum atomic E-state index is 0.0382. The fourth-order valence-electron chi connectivity index (χ4n) is 5.85. The maximum absolute atomic E-state index is 11.9. The number of amides is 2. The van der Waals surface area contributed by atoms with Crippen LogP contribution in [0.5, 0.6) is 0 Å². The molecule has 2 N–H and O–H groups in total. The number of hydrogen-bond acceptors (Lipinski definition) is 4. The van der Waals surface area contributed by atoms with E-state index in [9.17, 15) is 9.59 Å². The molecule has 2 amide bonds. The third kappa shape index (κ3) is 4.51. The van der Waals surface area contributed by atoms with Gasteiger partial charge >= 0.3 is 0 Å². The SMILES string of the molecule is CC(=O)N1CCC[C@H]1c1ncc(-c2ccc(-c3ccc(-c4cnc([C@@H]5CCCN5C(C)=O)[nH]4)cc3)cc2)[nH]1. The molecule has 4 aromatic rings. The fourth-order valence-corrected chi connectivity index (χ4v) is 5.85. The van der Waals surface area contributed by atoms with E-state index in [1.165, 1.54) is 0 Å². The number of H-pyrrole nitrogens is 2. The second kappa shape index (κ2) is 9.93. The summed E-state index contributed by atoms with van der Waals surface area (Å²) in [4.78, 5) is 43.7. The first kappa shape index (κ1) is 24.2. The van der Waals surface area contributed by atoms with Gasteiger partial charge in [0.15, 0.2) is 0 Å². The van der Waals surface area contributed by atoms with Crippen molar-refractivity contribution in [1.29, 1.82) is 0 Å². The Balaban J connectivity index is 1.15. The van der Waals surface area contributed by atoms with Crippen molar-refractivity contribution < 1.29 is 9.59 Å². The molecule has 8 heteroatoms. The summed E-state index contributed by atoms with van der Waals surface area (Å²) >= 11 is 0. The van der Waals surface area contributed by atoms with Gasteiger partial charge in [-0.15, -0.1) is 0 Å². The van der Waals surface area contributed by atoms with Gasteiger partial charge in [-0.2, -0.15) is 0 Å². The van der Waals surface area contributed by atoms with Gasteiger partial charge in [0.05, 0.1) is 35.9 Å². The van der Waals surface area contributed by atoms with Crippen LogP contribution in [0.25, 0.3) is 33.6 Å². The smallest absolute Gasteiger partial charge is 0.220 e. The number of nitrogens with one attached hydrogen (secondary N) is 2. The lowest BCUT2D eigenvalue weighted by molar-refractivity contribution is -0.130. The molecule has 2 aromatic carbocycles. The molecule has 2 aliphatic heterocycles. The van der Waals surface area contributed by atoms with Crippen molar-refractivity contribution in [2.24, 2.45) is 0 Å². The lowest BCUT2D eigenvalue weighted by Crippen LogP contribution is -2.28. The predicted molar refractivity (Wildman–Crippen MR) is 146 cm³/mol. The molecule has 38 heavy (non-hydrogen) atoms. The van der Waals surface area contributed by atoms with E-state index < -0.39 is 0 Å². The van der Waals surface area contributed by atoms with Crippen LogP contribution in [-0.4, -0.2) is 54.6 Å². The molecule has 0 saturated carbocycles. The topological polar surface area (TPSA) is 98.0 Å². The van der Waals surface area contributed by atoms with E-state index in [0.717, 1.165) is 84.1 Å². The van der Waals surface area contributed by atoms with Crippen LogP contribution in [0.3, 0.4) is 0 Å². The van der Waals surface area contributed by atoms with Gasteiger partial charge in [0, 0.05) is 26.9 Å². The summed E-state index contributed by atoms with van der Waals surface area (Å²) in [5, 5.41) is 0. The molecule has 4 heterocycles. The molecule has 0 unspecified atom stereocenters. The van der Waals surface area contributed by atoms with Crippen molar-refractivity contribution in [1.82, 2.24) is 29.7 Å². The van der Waals surface area contributed by atoms with Crippen LogP contribution in [0.2, 0.25) is 0 Å². The second-order valence-electron chi connectivity index (χ2n) is 10.3. The van der Waals surface area contributed by atoms with Gasteiger partial charge in [-0.25, -0.2) is 9.97 Å². The standard InChI is InChI=1S/C30H32N6O2/c1-19(37)35-15-3-5-27(35)29-31-17-25(33-29)23-11-7-21(8-12-23)22-9-13-24(14-10-22)26-18-32-30(34-26)28-6-4-16-36(28)20(2)38/h7-14,17-18,27-28H,3-6,15-16H2,1-2H3,(H,31,33)(H,32,34)/t27-,28-/m0/s1. The third-order valence-corrected chi connectivity index (χ3v) is 7.86. The minimum absolute atomic E-state index is 0.0382. The average molecular weight is 509 g/mol. The molecule has 2 aliphatic rings. The van der Waals surface area contributed by atoms with Crippen LogP contribution < -0.4 is 0 Å². The molecular weight excluding hydrogens is 476 g/mol. The van der Waals surface area contributed by atoms with Crippen LogP contribution in [-0.2, 0) is 9.59 Å². The van der Waals surface area contributed by atoms with E-state index in [1.54, 1.807) is 13.8 Å². The Labute approximate surface area is 222 Å². The average Bonchev–Trinajstić information content (AvgIpc) is 3.74. The highest BCUT2D eigenvalue weighted by Gasteiger charge is 2.31. The van der Waals surface area contributed by atoms with E-state index in [-0.39, 0.29) is 23.9 Å². The number of aromatic amines is 2. The molecular formula is C30H32N6O2. The number of carbonyl (C=O) groups excluding carboxylic acids is 2.